The summed E-state index contributed by atoms with van der Waals surface area (Å²) in [5, 5.41) is 0.424. The molecule has 1 aliphatic heterocycles. The van der Waals surface area contributed by atoms with Gasteiger partial charge < -0.3 is 9.64 Å². The first-order valence-electron chi connectivity index (χ1n) is 9.70. The molecule has 1 fully saturated rings. The van der Waals surface area contributed by atoms with Crippen LogP contribution in [0.25, 0.3) is 0 Å². The third-order valence-electron chi connectivity index (χ3n) is 5.09. The lowest BCUT2D eigenvalue weighted by Gasteiger charge is -2.41. The molecule has 2 heterocycles. The summed E-state index contributed by atoms with van der Waals surface area (Å²) in [6.07, 6.45) is 3.42. The zero-order valence-electron chi connectivity index (χ0n) is 17.1. The van der Waals surface area contributed by atoms with E-state index in [0.717, 1.165) is 31.5 Å². The summed E-state index contributed by atoms with van der Waals surface area (Å²) in [7, 11) is 0. The second kappa shape index (κ2) is 8.60. The van der Waals surface area contributed by atoms with Crippen LogP contribution in [0.5, 0.6) is 0 Å². The van der Waals surface area contributed by atoms with Crippen LogP contribution in [-0.2, 0) is 4.74 Å². The van der Waals surface area contributed by atoms with E-state index in [0.29, 0.717) is 40.4 Å². The minimum Gasteiger partial charge on any atom is -0.462 e. The van der Waals surface area contributed by atoms with Gasteiger partial charge in [-0.3, -0.25) is 0 Å². The van der Waals surface area contributed by atoms with Crippen molar-refractivity contribution in [3.8, 4) is 0 Å². The van der Waals surface area contributed by atoms with E-state index in [1.54, 1.807) is 6.07 Å². The number of piperidine rings is 1. The van der Waals surface area contributed by atoms with Gasteiger partial charge in [-0.2, -0.15) is 0 Å². The number of esters is 1. The zero-order chi connectivity index (χ0) is 19.5. The molecule has 0 bridgehead atoms. The molecule has 0 aromatic carbocycles. The van der Waals surface area contributed by atoms with Gasteiger partial charge in [-0.15, -0.1) is 0 Å². The van der Waals surface area contributed by atoms with Gasteiger partial charge in [0.1, 0.15) is 16.5 Å². The number of aromatic nitrogens is 1. The third kappa shape index (κ3) is 5.35. The Hall–Kier alpha value is -1.29. The minimum atomic E-state index is -0.300. The van der Waals surface area contributed by atoms with Gasteiger partial charge >= 0.3 is 5.97 Å². The zero-order valence-corrected chi connectivity index (χ0v) is 17.8. The lowest BCUT2D eigenvalue weighted by molar-refractivity contribution is 0.0458. The summed E-state index contributed by atoms with van der Waals surface area (Å²) in [5.41, 5.74) is 1.74. The summed E-state index contributed by atoms with van der Waals surface area (Å²) >= 11 is 6.21. The van der Waals surface area contributed by atoms with Crippen molar-refractivity contribution in [2.45, 2.75) is 60.8 Å². The lowest BCUT2D eigenvalue weighted by Crippen LogP contribution is -2.40. The van der Waals surface area contributed by atoms with E-state index in [9.17, 15) is 4.79 Å². The fourth-order valence-corrected chi connectivity index (χ4v) is 4.10. The topological polar surface area (TPSA) is 42.4 Å². The molecular formula is C21H33ClN2O2. The summed E-state index contributed by atoms with van der Waals surface area (Å²) in [5.74, 6) is 1.37. The molecule has 26 heavy (non-hydrogen) atoms. The van der Waals surface area contributed by atoms with Gasteiger partial charge in [0.25, 0.3) is 0 Å². The van der Waals surface area contributed by atoms with E-state index in [2.05, 4.69) is 30.7 Å². The van der Waals surface area contributed by atoms with Gasteiger partial charge in [0.05, 0.1) is 6.61 Å². The Bertz CT molecular complexity index is 635. The van der Waals surface area contributed by atoms with Gasteiger partial charge in [-0.1, -0.05) is 46.2 Å². The highest BCUT2D eigenvalue weighted by atomic mass is 35.5. The fourth-order valence-electron chi connectivity index (χ4n) is 3.86. The van der Waals surface area contributed by atoms with Crippen LogP contribution in [0.4, 0.5) is 5.82 Å². The highest BCUT2D eigenvalue weighted by Gasteiger charge is 2.33. The van der Waals surface area contributed by atoms with Crippen molar-refractivity contribution in [2.75, 3.05) is 24.6 Å². The van der Waals surface area contributed by atoms with Gasteiger partial charge in [-0.05, 0) is 55.1 Å². The Morgan fingerprint density at radius 1 is 1.27 bits per heavy atom. The average molecular weight is 381 g/mol. The van der Waals surface area contributed by atoms with E-state index < -0.39 is 0 Å². The second-order valence-corrected chi connectivity index (χ2v) is 9.24. The number of carbonyl (C=O) groups excluding carboxylic acids is 1. The molecule has 1 aromatic rings. The number of hydrogen-bond acceptors (Lipinski definition) is 4. The number of hydrogen-bond donors (Lipinski definition) is 0. The van der Waals surface area contributed by atoms with Crippen LogP contribution in [-0.4, -0.2) is 30.6 Å². The SMILES string of the molecule is Cc1cc(Cl)nc(N2CCC(C)(CC(C)C)CC2)c1C(=O)OCC(C)C. The van der Waals surface area contributed by atoms with Crippen molar-refractivity contribution in [2.24, 2.45) is 17.3 Å². The number of rotatable bonds is 6. The van der Waals surface area contributed by atoms with E-state index in [-0.39, 0.29) is 5.97 Å². The first kappa shape index (κ1) is 21.0. The van der Waals surface area contributed by atoms with E-state index in [4.69, 9.17) is 16.3 Å². The molecule has 0 N–H and O–H groups in total. The number of anilines is 1. The number of carbonyl (C=O) groups is 1. The quantitative estimate of drug-likeness (QED) is 0.482. The molecule has 1 aromatic heterocycles. The van der Waals surface area contributed by atoms with Crippen molar-refractivity contribution in [3.05, 3.63) is 22.3 Å². The molecular weight excluding hydrogens is 348 g/mol. The standard InChI is InChI=1S/C21H33ClN2O2/c1-14(2)12-21(6)7-9-24(10-8-21)19-18(16(5)11-17(22)23-19)20(25)26-13-15(3)4/h11,14-15H,7-10,12-13H2,1-6H3. The maximum atomic E-state index is 12.7. The Morgan fingerprint density at radius 3 is 2.42 bits per heavy atom. The van der Waals surface area contributed by atoms with Crippen LogP contribution >= 0.6 is 11.6 Å². The highest BCUT2D eigenvalue weighted by Crippen LogP contribution is 2.39. The largest absolute Gasteiger partial charge is 0.462 e. The summed E-state index contributed by atoms with van der Waals surface area (Å²) < 4.78 is 5.49. The molecule has 4 nitrogen and oxygen atoms in total. The molecule has 2 rings (SSSR count). The third-order valence-corrected chi connectivity index (χ3v) is 5.28. The van der Waals surface area contributed by atoms with E-state index in [1.807, 2.05) is 20.8 Å². The molecule has 0 unspecified atom stereocenters. The fraction of sp³-hybridized carbons (Fsp3) is 0.714. The predicted octanol–water partition coefficient (Wildman–Crippen LogP) is 5.51. The number of nitrogens with zero attached hydrogens (tertiary/aromatic N) is 2. The van der Waals surface area contributed by atoms with Crippen LogP contribution < -0.4 is 4.90 Å². The summed E-state index contributed by atoms with van der Waals surface area (Å²) in [6.45, 7) is 15.1. The molecule has 146 valence electrons. The van der Waals surface area contributed by atoms with Crippen molar-refractivity contribution >= 4 is 23.4 Å². The molecule has 5 heteroatoms. The highest BCUT2D eigenvalue weighted by molar-refractivity contribution is 6.29. The number of ether oxygens (including phenoxy) is 1. The van der Waals surface area contributed by atoms with Crippen LogP contribution in [0.15, 0.2) is 6.07 Å². The predicted molar refractivity (Wildman–Crippen MR) is 108 cm³/mol. The Morgan fingerprint density at radius 2 is 1.88 bits per heavy atom. The monoisotopic (exact) mass is 380 g/mol. The van der Waals surface area contributed by atoms with Crippen molar-refractivity contribution in [3.63, 3.8) is 0 Å². The Kier molecular flexibility index (Phi) is 6.95. The van der Waals surface area contributed by atoms with Crippen LogP contribution in [0.3, 0.4) is 0 Å². The second-order valence-electron chi connectivity index (χ2n) is 8.85. The first-order chi connectivity index (χ1) is 12.1. The number of pyridine rings is 1. The van der Waals surface area contributed by atoms with Crippen LogP contribution in [0.1, 0.15) is 69.8 Å². The van der Waals surface area contributed by atoms with Crippen molar-refractivity contribution in [1.82, 2.24) is 4.98 Å². The minimum absolute atomic E-state index is 0.300. The summed E-state index contributed by atoms with van der Waals surface area (Å²) in [6, 6.07) is 1.74. The first-order valence-corrected chi connectivity index (χ1v) is 10.1. The molecule has 1 saturated heterocycles. The molecule has 0 atom stereocenters. The van der Waals surface area contributed by atoms with Crippen molar-refractivity contribution < 1.29 is 9.53 Å². The van der Waals surface area contributed by atoms with Crippen LogP contribution in [0, 0.1) is 24.2 Å². The van der Waals surface area contributed by atoms with Gasteiger partial charge in [0.2, 0.25) is 0 Å². The molecule has 0 aliphatic carbocycles. The number of aryl methyl sites for hydroxylation is 1. The number of halogens is 1. The maximum Gasteiger partial charge on any atom is 0.342 e. The smallest absolute Gasteiger partial charge is 0.342 e. The average Bonchev–Trinajstić information content (AvgIpc) is 2.51. The molecule has 0 saturated carbocycles. The van der Waals surface area contributed by atoms with E-state index in [1.165, 1.54) is 6.42 Å². The normalized spacial score (nSPS) is 17.0. The van der Waals surface area contributed by atoms with Crippen molar-refractivity contribution in [1.29, 1.82) is 0 Å². The summed E-state index contributed by atoms with van der Waals surface area (Å²) in [4.78, 5) is 19.4. The van der Waals surface area contributed by atoms with Crippen LogP contribution in [0.2, 0.25) is 5.15 Å². The Balaban J connectivity index is 2.22. The molecule has 1 aliphatic rings. The lowest BCUT2D eigenvalue weighted by atomic mass is 9.74. The maximum absolute atomic E-state index is 12.7. The van der Waals surface area contributed by atoms with Gasteiger partial charge in [0.15, 0.2) is 0 Å². The molecule has 0 radical (unpaired) electrons. The van der Waals surface area contributed by atoms with Gasteiger partial charge in [-0.25, -0.2) is 9.78 Å². The Labute approximate surface area is 163 Å². The van der Waals surface area contributed by atoms with Gasteiger partial charge in [0, 0.05) is 13.1 Å². The molecule has 0 spiro atoms. The van der Waals surface area contributed by atoms with E-state index >= 15 is 0 Å². The molecule has 0 amide bonds.